The largest absolute Gasteiger partial charge is 0.483 e. The Hall–Kier alpha value is -1.73. The second kappa shape index (κ2) is 7.51. The molecule has 1 saturated heterocycles. The molecule has 1 fully saturated rings. The molecule has 0 bridgehead atoms. The molecule has 2 aliphatic heterocycles. The SMILES string of the molecule is CCOC(=O)C1CCCN(CC2OC(CO)=CC(=O)C2=O)C1. The molecule has 22 heavy (non-hydrogen) atoms. The molecule has 1 N–H and O–H groups in total. The first-order valence-electron chi connectivity index (χ1n) is 7.50. The number of carbonyl (C=O) groups excluding carboxylic acids is 3. The highest BCUT2D eigenvalue weighted by atomic mass is 16.5. The first kappa shape index (κ1) is 16.6. The number of piperidine rings is 1. The molecular formula is C15H21NO6. The van der Waals surface area contributed by atoms with Crippen molar-refractivity contribution in [2.75, 3.05) is 32.8 Å². The average Bonchev–Trinajstić information content (AvgIpc) is 2.52. The number of aliphatic hydroxyl groups is 1. The number of carbonyl (C=O) groups is 3. The van der Waals surface area contributed by atoms with Crippen LogP contribution in [0.4, 0.5) is 0 Å². The van der Waals surface area contributed by atoms with Gasteiger partial charge in [0.05, 0.1) is 12.5 Å². The molecular weight excluding hydrogens is 290 g/mol. The summed E-state index contributed by atoms with van der Waals surface area (Å²) >= 11 is 0. The van der Waals surface area contributed by atoms with Gasteiger partial charge in [-0.3, -0.25) is 19.3 Å². The molecule has 122 valence electrons. The number of aliphatic hydroxyl groups excluding tert-OH is 1. The number of nitrogens with zero attached hydrogens (tertiary/aromatic N) is 1. The number of esters is 1. The van der Waals surface area contributed by atoms with E-state index in [1.54, 1.807) is 6.92 Å². The number of hydrogen-bond acceptors (Lipinski definition) is 7. The third-order valence-electron chi connectivity index (χ3n) is 3.83. The fraction of sp³-hybridized carbons (Fsp3) is 0.667. The number of allylic oxidation sites excluding steroid dienone is 1. The fourth-order valence-electron chi connectivity index (χ4n) is 2.76. The van der Waals surface area contributed by atoms with Crippen LogP contribution in [0.5, 0.6) is 0 Å². The summed E-state index contributed by atoms with van der Waals surface area (Å²) in [5.74, 6) is -1.60. The van der Waals surface area contributed by atoms with E-state index in [1.165, 1.54) is 0 Å². The van der Waals surface area contributed by atoms with Gasteiger partial charge in [-0.1, -0.05) is 0 Å². The smallest absolute Gasteiger partial charge is 0.310 e. The zero-order valence-electron chi connectivity index (χ0n) is 12.6. The van der Waals surface area contributed by atoms with Gasteiger partial charge in [-0.05, 0) is 26.3 Å². The van der Waals surface area contributed by atoms with Gasteiger partial charge in [-0.25, -0.2) is 0 Å². The predicted octanol–water partition coefficient (Wildman–Crippen LogP) is -0.325. The van der Waals surface area contributed by atoms with Crippen molar-refractivity contribution in [3.8, 4) is 0 Å². The quantitative estimate of drug-likeness (QED) is 0.549. The molecule has 0 aliphatic carbocycles. The van der Waals surface area contributed by atoms with Gasteiger partial charge in [0.2, 0.25) is 11.6 Å². The standard InChI is InChI=1S/C15H21NO6/c1-2-21-15(20)10-4-3-5-16(7-10)8-13-14(19)12(18)6-11(9-17)22-13/h6,10,13,17H,2-5,7-9H2,1H3. The minimum absolute atomic E-state index is 0.105. The third kappa shape index (κ3) is 3.92. The van der Waals surface area contributed by atoms with Crippen molar-refractivity contribution in [3.05, 3.63) is 11.8 Å². The first-order valence-corrected chi connectivity index (χ1v) is 7.50. The Morgan fingerprint density at radius 2 is 2.27 bits per heavy atom. The van der Waals surface area contributed by atoms with Crippen molar-refractivity contribution in [3.63, 3.8) is 0 Å². The van der Waals surface area contributed by atoms with Crippen molar-refractivity contribution < 1.29 is 29.0 Å². The minimum atomic E-state index is -0.916. The second-order valence-corrected chi connectivity index (χ2v) is 5.45. The lowest BCUT2D eigenvalue weighted by atomic mass is 9.97. The molecule has 2 atom stereocenters. The number of likely N-dealkylation sites (tertiary alicyclic amines) is 1. The van der Waals surface area contributed by atoms with Gasteiger partial charge in [-0.2, -0.15) is 0 Å². The van der Waals surface area contributed by atoms with Gasteiger partial charge >= 0.3 is 5.97 Å². The van der Waals surface area contributed by atoms with Gasteiger partial charge in [0, 0.05) is 19.2 Å². The van der Waals surface area contributed by atoms with E-state index in [4.69, 9.17) is 14.6 Å². The van der Waals surface area contributed by atoms with Gasteiger partial charge in [-0.15, -0.1) is 0 Å². The van der Waals surface area contributed by atoms with Crippen LogP contribution in [0.3, 0.4) is 0 Å². The lowest BCUT2D eigenvalue weighted by Crippen LogP contribution is -2.47. The van der Waals surface area contributed by atoms with Crippen LogP contribution in [-0.2, 0) is 23.9 Å². The van der Waals surface area contributed by atoms with Gasteiger partial charge < -0.3 is 14.6 Å². The molecule has 7 nitrogen and oxygen atoms in total. The molecule has 7 heteroatoms. The highest BCUT2D eigenvalue weighted by Gasteiger charge is 2.35. The van der Waals surface area contributed by atoms with Crippen LogP contribution in [0.2, 0.25) is 0 Å². The number of hydrogen-bond donors (Lipinski definition) is 1. The third-order valence-corrected chi connectivity index (χ3v) is 3.83. The second-order valence-electron chi connectivity index (χ2n) is 5.45. The van der Waals surface area contributed by atoms with Crippen LogP contribution in [0.25, 0.3) is 0 Å². The highest BCUT2D eigenvalue weighted by molar-refractivity contribution is 6.43. The van der Waals surface area contributed by atoms with Gasteiger partial charge in [0.25, 0.3) is 0 Å². The summed E-state index contributed by atoms with van der Waals surface area (Å²) in [6.07, 6.45) is 1.69. The fourth-order valence-corrected chi connectivity index (χ4v) is 2.76. The monoisotopic (exact) mass is 311 g/mol. The van der Waals surface area contributed by atoms with E-state index < -0.39 is 24.3 Å². The summed E-state index contributed by atoms with van der Waals surface area (Å²) in [6, 6.07) is 0. The van der Waals surface area contributed by atoms with Gasteiger partial charge in [0.15, 0.2) is 6.10 Å². The maximum atomic E-state index is 11.9. The van der Waals surface area contributed by atoms with E-state index in [0.717, 1.165) is 25.5 Å². The van der Waals surface area contributed by atoms with Crippen molar-refractivity contribution in [1.82, 2.24) is 4.90 Å². The maximum absolute atomic E-state index is 11.9. The predicted molar refractivity (Wildman–Crippen MR) is 75.9 cm³/mol. The number of Topliss-reactive ketones (excluding diaryl/α,β-unsaturated/α-hetero) is 1. The summed E-state index contributed by atoms with van der Waals surface area (Å²) in [7, 11) is 0. The summed E-state index contributed by atoms with van der Waals surface area (Å²) in [5.41, 5.74) is 0. The molecule has 0 amide bonds. The van der Waals surface area contributed by atoms with Crippen LogP contribution in [-0.4, -0.2) is 66.5 Å². The molecule has 2 heterocycles. The van der Waals surface area contributed by atoms with E-state index >= 15 is 0 Å². The van der Waals surface area contributed by atoms with Crippen LogP contribution in [0, 0.1) is 5.92 Å². The van der Waals surface area contributed by atoms with E-state index in [1.807, 2.05) is 4.90 Å². The molecule has 0 spiro atoms. The maximum Gasteiger partial charge on any atom is 0.310 e. The average molecular weight is 311 g/mol. The summed E-state index contributed by atoms with van der Waals surface area (Å²) < 4.78 is 10.4. The van der Waals surface area contributed by atoms with E-state index in [0.29, 0.717) is 13.2 Å². The Balaban J connectivity index is 1.95. The molecule has 2 unspecified atom stereocenters. The molecule has 0 aromatic rings. The molecule has 0 radical (unpaired) electrons. The van der Waals surface area contributed by atoms with E-state index in [9.17, 15) is 14.4 Å². The van der Waals surface area contributed by atoms with E-state index in [-0.39, 0.29) is 24.2 Å². The van der Waals surface area contributed by atoms with Crippen molar-refractivity contribution >= 4 is 17.5 Å². The summed E-state index contributed by atoms with van der Waals surface area (Å²) in [4.78, 5) is 37.2. The zero-order valence-corrected chi connectivity index (χ0v) is 12.6. The highest BCUT2D eigenvalue weighted by Crippen LogP contribution is 2.20. The van der Waals surface area contributed by atoms with Crippen molar-refractivity contribution in [2.24, 2.45) is 5.92 Å². The topological polar surface area (TPSA) is 93.1 Å². The lowest BCUT2D eigenvalue weighted by molar-refractivity contribution is -0.150. The summed E-state index contributed by atoms with van der Waals surface area (Å²) in [5, 5.41) is 9.06. The first-order chi connectivity index (χ1) is 10.5. The zero-order chi connectivity index (χ0) is 16.1. The minimum Gasteiger partial charge on any atom is -0.483 e. The van der Waals surface area contributed by atoms with Crippen molar-refractivity contribution in [1.29, 1.82) is 0 Å². The lowest BCUT2D eigenvalue weighted by Gasteiger charge is -2.34. The van der Waals surface area contributed by atoms with E-state index in [2.05, 4.69) is 0 Å². The van der Waals surface area contributed by atoms with Crippen LogP contribution < -0.4 is 0 Å². The normalized spacial score (nSPS) is 26.4. The molecule has 0 saturated carbocycles. The molecule has 2 aliphatic rings. The number of ether oxygens (including phenoxy) is 2. The Morgan fingerprint density at radius 1 is 1.50 bits per heavy atom. The molecule has 0 aromatic carbocycles. The molecule has 2 rings (SSSR count). The Bertz CT molecular complexity index is 486. The Morgan fingerprint density at radius 3 is 2.95 bits per heavy atom. The van der Waals surface area contributed by atoms with Crippen molar-refractivity contribution in [2.45, 2.75) is 25.9 Å². The van der Waals surface area contributed by atoms with Crippen LogP contribution in [0.15, 0.2) is 11.8 Å². The summed E-state index contributed by atoms with van der Waals surface area (Å²) in [6.45, 7) is 3.15. The number of rotatable bonds is 5. The Labute approximate surface area is 128 Å². The molecule has 0 aromatic heterocycles. The Kier molecular flexibility index (Phi) is 5.68. The van der Waals surface area contributed by atoms with Gasteiger partial charge in [0.1, 0.15) is 12.4 Å². The van der Waals surface area contributed by atoms with Crippen LogP contribution >= 0.6 is 0 Å². The van der Waals surface area contributed by atoms with Crippen LogP contribution in [0.1, 0.15) is 19.8 Å². The number of ketones is 2.